The molecule has 88 valence electrons. The summed E-state index contributed by atoms with van der Waals surface area (Å²) in [6.07, 6.45) is 4.07. The molecule has 0 aliphatic heterocycles. The predicted molar refractivity (Wildman–Crippen MR) is 72.5 cm³/mol. The topological polar surface area (TPSA) is 12.0 Å². The highest BCUT2D eigenvalue weighted by Crippen LogP contribution is 2.35. The average molecular weight is 282 g/mol. The van der Waals surface area contributed by atoms with E-state index in [1.807, 2.05) is 0 Å². The van der Waals surface area contributed by atoms with Crippen LogP contribution in [0.5, 0.6) is 0 Å². The lowest BCUT2D eigenvalue weighted by atomic mass is 10.0. The lowest BCUT2D eigenvalue weighted by Gasteiger charge is -2.22. The van der Waals surface area contributed by atoms with Crippen LogP contribution in [0.15, 0.2) is 28.7 Å². The first-order chi connectivity index (χ1) is 7.70. The van der Waals surface area contributed by atoms with Crippen molar-refractivity contribution in [3.63, 3.8) is 0 Å². The fourth-order valence-corrected chi connectivity index (χ4v) is 2.52. The molecular weight excluding hydrogens is 262 g/mol. The molecule has 16 heavy (non-hydrogen) atoms. The molecule has 0 heterocycles. The first kappa shape index (κ1) is 12.1. The number of hydrogen-bond donors (Lipinski definition) is 1. The van der Waals surface area contributed by atoms with Crippen molar-refractivity contribution < 1.29 is 0 Å². The second kappa shape index (κ2) is 5.33. The van der Waals surface area contributed by atoms with Crippen LogP contribution in [-0.2, 0) is 0 Å². The Bertz CT molecular complexity index is 329. The number of benzene rings is 1. The summed E-state index contributed by atoms with van der Waals surface area (Å²) in [7, 11) is 0. The number of rotatable bonds is 5. The maximum atomic E-state index is 3.75. The molecule has 1 aliphatic rings. The van der Waals surface area contributed by atoms with Gasteiger partial charge in [0.2, 0.25) is 0 Å². The largest absolute Gasteiger partial charge is 0.307 e. The second-order valence-electron chi connectivity index (χ2n) is 4.79. The molecule has 0 amide bonds. The molecule has 1 fully saturated rings. The fourth-order valence-electron chi connectivity index (χ4n) is 2.25. The highest BCUT2D eigenvalue weighted by atomic mass is 79.9. The lowest BCUT2D eigenvalue weighted by molar-refractivity contribution is 0.405. The van der Waals surface area contributed by atoms with E-state index in [-0.39, 0.29) is 0 Å². The molecule has 2 unspecified atom stereocenters. The summed E-state index contributed by atoms with van der Waals surface area (Å²) in [5.74, 6) is 0.933. The molecule has 0 saturated heterocycles. The smallest absolute Gasteiger partial charge is 0.0294 e. The van der Waals surface area contributed by atoms with Gasteiger partial charge in [-0.15, -0.1) is 0 Å². The zero-order chi connectivity index (χ0) is 11.5. The molecule has 2 atom stereocenters. The van der Waals surface area contributed by atoms with Gasteiger partial charge in [0.1, 0.15) is 0 Å². The van der Waals surface area contributed by atoms with E-state index in [9.17, 15) is 0 Å². The van der Waals surface area contributed by atoms with E-state index in [2.05, 4.69) is 59.4 Å². The van der Waals surface area contributed by atoms with Gasteiger partial charge in [-0.3, -0.25) is 0 Å². The predicted octanol–water partition coefficient (Wildman–Crippen LogP) is 4.29. The summed E-state index contributed by atoms with van der Waals surface area (Å²) in [6, 6.07) is 9.79. The summed E-state index contributed by atoms with van der Waals surface area (Å²) >= 11 is 3.47. The normalized spacial score (nSPS) is 19.4. The van der Waals surface area contributed by atoms with E-state index >= 15 is 0 Å². The first-order valence-corrected chi connectivity index (χ1v) is 7.01. The highest BCUT2D eigenvalue weighted by molar-refractivity contribution is 9.10. The van der Waals surface area contributed by atoms with Crippen molar-refractivity contribution >= 4 is 15.9 Å². The van der Waals surface area contributed by atoms with E-state index in [1.165, 1.54) is 24.8 Å². The third-order valence-electron chi connectivity index (χ3n) is 3.46. The molecule has 0 aromatic heterocycles. The van der Waals surface area contributed by atoms with Crippen molar-refractivity contribution in [1.82, 2.24) is 5.32 Å². The number of hydrogen-bond acceptors (Lipinski definition) is 1. The van der Waals surface area contributed by atoms with E-state index < -0.39 is 0 Å². The van der Waals surface area contributed by atoms with Crippen LogP contribution < -0.4 is 5.32 Å². The van der Waals surface area contributed by atoms with Crippen molar-refractivity contribution in [3.05, 3.63) is 34.3 Å². The molecule has 1 aromatic carbocycles. The first-order valence-electron chi connectivity index (χ1n) is 6.22. The maximum absolute atomic E-state index is 3.75. The quantitative estimate of drug-likeness (QED) is 0.849. The molecule has 0 bridgehead atoms. The third-order valence-corrected chi connectivity index (χ3v) is 3.99. The van der Waals surface area contributed by atoms with E-state index in [0.717, 1.165) is 10.4 Å². The zero-order valence-corrected chi connectivity index (χ0v) is 11.6. The molecule has 1 N–H and O–H groups in total. The minimum Gasteiger partial charge on any atom is -0.307 e. The van der Waals surface area contributed by atoms with Crippen molar-refractivity contribution in [2.75, 3.05) is 0 Å². The van der Waals surface area contributed by atoms with E-state index in [1.54, 1.807) is 0 Å². The van der Waals surface area contributed by atoms with Gasteiger partial charge in [0.15, 0.2) is 0 Å². The van der Waals surface area contributed by atoms with Gasteiger partial charge in [-0.1, -0.05) is 35.0 Å². The van der Waals surface area contributed by atoms with Gasteiger partial charge in [0, 0.05) is 16.6 Å². The molecule has 1 nitrogen and oxygen atoms in total. The van der Waals surface area contributed by atoms with Gasteiger partial charge >= 0.3 is 0 Å². The number of halogens is 1. The van der Waals surface area contributed by atoms with Gasteiger partial charge in [-0.05, 0) is 49.8 Å². The Morgan fingerprint density at radius 3 is 2.44 bits per heavy atom. The van der Waals surface area contributed by atoms with Gasteiger partial charge in [0.05, 0.1) is 0 Å². The molecule has 1 aliphatic carbocycles. The molecule has 2 heteroatoms. The van der Waals surface area contributed by atoms with E-state index in [4.69, 9.17) is 0 Å². The molecule has 2 rings (SSSR count). The minimum atomic E-state index is 0.457. The zero-order valence-electron chi connectivity index (χ0n) is 10.0. The third kappa shape index (κ3) is 3.08. The SMILES string of the molecule is CCC(NC(C)c1ccc(Br)cc1)C1CC1. The summed E-state index contributed by atoms with van der Waals surface area (Å²) < 4.78 is 1.15. The van der Waals surface area contributed by atoms with Crippen LogP contribution in [-0.4, -0.2) is 6.04 Å². The van der Waals surface area contributed by atoms with Gasteiger partial charge in [-0.2, -0.15) is 0 Å². The Morgan fingerprint density at radius 1 is 1.31 bits per heavy atom. The van der Waals surface area contributed by atoms with Gasteiger partial charge in [0.25, 0.3) is 0 Å². The summed E-state index contributed by atoms with van der Waals surface area (Å²) in [6.45, 7) is 4.54. The Labute approximate surface area is 107 Å². The Kier molecular flexibility index (Phi) is 4.04. The summed E-state index contributed by atoms with van der Waals surface area (Å²) in [4.78, 5) is 0. The molecule has 1 aromatic rings. The van der Waals surface area contributed by atoms with Crippen LogP contribution in [0.3, 0.4) is 0 Å². The van der Waals surface area contributed by atoms with Crippen molar-refractivity contribution in [3.8, 4) is 0 Å². The second-order valence-corrected chi connectivity index (χ2v) is 5.71. The Balaban J connectivity index is 1.95. The average Bonchev–Trinajstić information content (AvgIpc) is 3.10. The van der Waals surface area contributed by atoms with Gasteiger partial charge < -0.3 is 5.32 Å². The highest BCUT2D eigenvalue weighted by Gasteiger charge is 2.30. The fraction of sp³-hybridized carbons (Fsp3) is 0.571. The molecule has 1 saturated carbocycles. The molecular formula is C14H20BrN. The Morgan fingerprint density at radius 2 is 1.94 bits per heavy atom. The standard InChI is InChI=1S/C14H20BrN/c1-3-14(12-4-5-12)16-10(2)11-6-8-13(15)9-7-11/h6-10,12,14,16H,3-5H2,1-2H3. The maximum Gasteiger partial charge on any atom is 0.0294 e. The van der Waals surface area contributed by atoms with E-state index in [0.29, 0.717) is 12.1 Å². The minimum absolute atomic E-state index is 0.457. The number of nitrogens with one attached hydrogen (secondary N) is 1. The Hall–Kier alpha value is -0.340. The van der Waals surface area contributed by atoms with Crippen LogP contribution in [0.4, 0.5) is 0 Å². The van der Waals surface area contributed by atoms with Crippen molar-refractivity contribution in [2.24, 2.45) is 5.92 Å². The van der Waals surface area contributed by atoms with Crippen LogP contribution in [0, 0.1) is 5.92 Å². The van der Waals surface area contributed by atoms with Crippen LogP contribution in [0.1, 0.15) is 44.7 Å². The monoisotopic (exact) mass is 281 g/mol. The molecule has 0 radical (unpaired) electrons. The van der Waals surface area contributed by atoms with Crippen LogP contribution in [0.25, 0.3) is 0 Å². The van der Waals surface area contributed by atoms with Gasteiger partial charge in [-0.25, -0.2) is 0 Å². The lowest BCUT2D eigenvalue weighted by Crippen LogP contribution is -2.32. The summed E-state index contributed by atoms with van der Waals surface area (Å²) in [5, 5.41) is 3.75. The molecule has 0 spiro atoms. The van der Waals surface area contributed by atoms with Crippen LogP contribution in [0.2, 0.25) is 0 Å². The summed E-state index contributed by atoms with van der Waals surface area (Å²) in [5.41, 5.74) is 1.38. The van der Waals surface area contributed by atoms with Crippen molar-refractivity contribution in [2.45, 2.75) is 45.2 Å². The van der Waals surface area contributed by atoms with Crippen molar-refractivity contribution in [1.29, 1.82) is 0 Å². The van der Waals surface area contributed by atoms with Crippen LogP contribution >= 0.6 is 15.9 Å².